The fourth-order valence-electron chi connectivity index (χ4n) is 5.10. The van der Waals surface area contributed by atoms with Crippen LogP contribution in [0.5, 0.6) is 23.0 Å². The number of ether oxygens (including phenoxy) is 6. The Hall–Kier alpha value is -6.49. The van der Waals surface area contributed by atoms with Gasteiger partial charge >= 0.3 is 23.9 Å². The van der Waals surface area contributed by atoms with Crippen molar-refractivity contribution in [3.63, 3.8) is 0 Å². The Kier molecular flexibility index (Phi) is 18.1. The molecule has 4 aromatic carbocycles. The Bertz CT molecular complexity index is 1900. The quantitative estimate of drug-likeness (QED) is 0.0224. The predicted octanol–water partition coefficient (Wildman–Crippen LogP) is 9.21. The van der Waals surface area contributed by atoms with Gasteiger partial charge in [-0.05, 0) is 130 Å². The number of esters is 4. The molecule has 4 rings (SSSR count). The summed E-state index contributed by atoms with van der Waals surface area (Å²) in [6.07, 6.45) is 10.8. The van der Waals surface area contributed by atoms with Crippen molar-refractivity contribution in [2.45, 2.75) is 51.4 Å². The number of rotatable bonds is 24. The molecule has 0 atom stereocenters. The fourth-order valence-corrected chi connectivity index (χ4v) is 5.10. The average Bonchev–Trinajstić information content (AvgIpc) is 3.23. The maximum absolute atomic E-state index is 13.2. The van der Waals surface area contributed by atoms with Gasteiger partial charge in [0.25, 0.3) is 0 Å². The first-order chi connectivity index (χ1) is 27.3. The maximum Gasteiger partial charge on any atom is 0.343 e. The summed E-state index contributed by atoms with van der Waals surface area (Å²) in [6, 6.07) is 27.3. The van der Waals surface area contributed by atoms with Gasteiger partial charge in [-0.15, -0.1) is 0 Å². The highest BCUT2D eigenvalue weighted by molar-refractivity contribution is 5.95. The summed E-state index contributed by atoms with van der Waals surface area (Å²) in [5.74, 6) is -0.260. The summed E-state index contributed by atoms with van der Waals surface area (Å²) < 4.78 is 33.0. The van der Waals surface area contributed by atoms with Gasteiger partial charge in [-0.25, -0.2) is 19.2 Å². The smallest absolute Gasteiger partial charge is 0.343 e. The third-order valence-corrected chi connectivity index (χ3v) is 8.12. The Morgan fingerprint density at radius 1 is 0.518 bits per heavy atom. The van der Waals surface area contributed by atoms with Crippen LogP contribution in [-0.2, 0) is 19.1 Å². The zero-order valence-electron chi connectivity index (χ0n) is 31.4. The van der Waals surface area contributed by atoms with Gasteiger partial charge < -0.3 is 28.4 Å². The minimum Gasteiger partial charge on any atom is -0.494 e. The Morgan fingerprint density at radius 2 is 0.982 bits per heavy atom. The van der Waals surface area contributed by atoms with Crippen LogP contribution in [0.15, 0.2) is 127 Å². The molecule has 292 valence electrons. The number of unbranched alkanes of at least 4 members (excludes halogenated alkanes) is 6. The minimum absolute atomic E-state index is 0.228. The molecule has 0 radical (unpaired) electrons. The lowest BCUT2D eigenvalue weighted by atomic mass is 10.2. The van der Waals surface area contributed by atoms with Gasteiger partial charge in [0.2, 0.25) is 0 Å². The van der Waals surface area contributed by atoms with E-state index >= 15 is 0 Å². The number of nitrogens with zero attached hydrogens (tertiary/aromatic N) is 1. The number of carbonyl (C=O) groups excluding carboxylic acids is 4. The molecule has 0 saturated carbocycles. The lowest BCUT2D eigenvalue weighted by Crippen LogP contribution is -2.11. The summed E-state index contributed by atoms with van der Waals surface area (Å²) in [4.78, 5) is 52.9. The van der Waals surface area contributed by atoms with Crippen LogP contribution >= 0.6 is 0 Å². The standard InChI is InChI=1S/C45H47NO10/c1-3-42(47)53-30-14-7-5-12-28-51-38-22-18-34(19-23-38)44(49)55-40-26-27-41(36(32-40)33-46-37-16-10-9-11-17-37)56-45(50)35-20-24-39(25-21-35)52-29-13-6-8-15-31-54-43(48)4-2/h3-4,9-11,16-27,32-33H,1-2,5-8,12-15,28-31H2. The fraction of sp³-hybridized carbons (Fsp3) is 0.267. The van der Waals surface area contributed by atoms with Gasteiger partial charge in [0.15, 0.2) is 0 Å². The molecular formula is C45H47NO10. The van der Waals surface area contributed by atoms with Crippen molar-refractivity contribution in [2.75, 3.05) is 26.4 Å². The Labute approximate surface area is 327 Å². The van der Waals surface area contributed by atoms with Crippen LogP contribution in [0.3, 0.4) is 0 Å². The number of benzene rings is 4. The average molecular weight is 762 g/mol. The molecule has 0 aliphatic carbocycles. The predicted molar refractivity (Wildman–Crippen MR) is 213 cm³/mol. The highest BCUT2D eigenvalue weighted by atomic mass is 16.5. The lowest BCUT2D eigenvalue weighted by molar-refractivity contribution is -0.138. The summed E-state index contributed by atoms with van der Waals surface area (Å²) in [5.41, 5.74) is 1.76. The molecule has 0 aliphatic rings. The van der Waals surface area contributed by atoms with Crippen molar-refractivity contribution in [3.05, 3.63) is 139 Å². The van der Waals surface area contributed by atoms with Gasteiger partial charge in [0.05, 0.1) is 43.2 Å². The van der Waals surface area contributed by atoms with Crippen LogP contribution in [0.4, 0.5) is 5.69 Å². The van der Waals surface area contributed by atoms with Crippen LogP contribution in [0.25, 0.3) is 0 Å². The van der Waals surface area contributed by atoms with Crippen LogP contribution in [0, 0.1) is 0 Å². The first-order valence-corrected chi connectivity index (χ1v) is 18.6. The van der Waals surface area contributed by atoms with E-state index < -0.39 is 23.9 Å². The molecule has 0 saturated heterocycles. The van der Waals surface area contributed by atoms with Crippen molar-refractivity contribution in [1.29, 1.82) is 0 Å². The number of aliphatic imine (C=N–C) groups is 1. The first kappa shape index (κ1) is 42.3. The monoisotopic (exact) mass is 761 g/mol. The molecule has 0 spiro atoms. The zero-order chi connectivity index (χ0) is 39.8. The van der Waals surface area contributed by atoms with Gasteiger partial charge in [0.1, 0.15) is 23.0 Å². The largest absolute Gasteiger partial charge is 0.494 e. The van der Waals surface area contributed by atoms with Crippen molar-refractivity contribution in [1.82, 2.24) is 0 Å². The topological polar surface area (TPSA) is 136 Å². The molecule has 0 N–H and O–H groups in total. The molecule has 0 aromatic heterocycles. The van der Waals surface area contributed by atoms with Crippen LogP contribution < -0.4 is 18.9 Å². The van der Waals surface area contributed by atoms with Crippen molar-refractivity contribution < 1.29 is 47.6 Å². The molecule has 11 nitrogen and oxygen atoms in total. The lowest BCUT2D eigenvalue weighted by Gasteiger charge is -2.11. The van der Waals surface area contributed by atoms with Crippen molar-refractivity contribution >= 4 is 35.8 Å². The molecule has 11 heteroatoms. The number of para-hydroxylation sites is 1. The molecule has 56 heavy (non-hydrogen) atoms. The SMILES string of the molecule is C=CC(=O)OCCCCCCOc1ccc(C(=O)Oc2ccc(OC(=O)c3ccc(OCCCCCCOC(=O)C=C)cc3)c(C=Nc3ccccc3)c2)cc1. The minimum atomic E-state index is -0.582. The van der Waals surface area contributed by atoms with E-state index in [1.807, 2.05) is 30.3 Å². The number of carbonyl (C=O) groups is 4. The van der Waals surface area contributed by atoms with Crippen molar-refractivity contribution in [3.8, 4) is 23.0 Å². The molecule has 0 heterocycles. The Balaban J connectivity index is 1.29. The summed E-state index contributed by atoms with van der Waals surface area (Å²) in [6.45, 7) is 8.52. The van der Waals surface area contributed by atoms with Crippen LogP contribution in [-0.4, -0.2) is 56.5 Å². The second-order valence-corrected chi connectivity index (χ2v) is 12.4. The van der Waals surface area contributed by atoms with Gasteiger partial charge in [-0.2, -0.15) is 0 Å². The molecule has 0 bridgehead atoms. The van der Waals surface area contributed by atoms with Crippen LogP contribution in [0.1, 0.15) is 77.6 Å². The van der Waals surface area contributed by atoms with E-state index in [4.69, 9.17) is 28.4 Å². The Morgan fingerprint density at radius 3 is 1.48 bits per heavy atom. The van der Waals surface area contributed by atoms with Crippen molar-refractivity contribution in [2.24, 2.45) is 4.99 Å². The molecule has 4 aromatic rings. The highest BCUT2D eigenvalue weighted by Gasteiger charge is 2.15. The van der Waals surface area contributed by atoms with E-state index in [9.17, 15) is 19.2 Å². The van der Waals surface area contributed by atoms with E-state index in [1.54, 1.807) is 72.9 Å². The summed E-state index contributed by atoms with van der Waals surface area (Å²) in [7, 11) is 0. The van der Waals surface area contributed by atoms with Gasteiger partial charge in [0, 0.05) is 23.9 Å². The highest BCUT2D eigenvalue weighted by Crippen LogP contribution is 2.26. The third kappa shape index (κ3) is 15.5. The van der Waals surface area contributed by atoms with E-state index in [0.29, 0.717) is 60.3 Å². The molecule has 0 amide bonds. The molecule has 0 aliphatic heterocycles. The van der Waals surface area contributed by atoms with E-state index in [1.165, 1.54) is 0 Å². The van der Waals surface area contributed by atoms with E-state index in [2.05, 4.69) is 18.2 Å². The van der Waals surface area contributed by atoms with Gasteiger partial charge in [-0.3, -0.25) is 4.99 Å². The number of hydrogen-bond donors (Lipinski definition) is 0. The van der Waals surface area contributed by atoms with E-state index in [-0.39, 0.29) is 11.5 Å². The summed E-state index contributed by atoms with van der Waals surface area (Å²) in [5, 5.41) is 0. The molecular weight excluding hydrogens is 714 g/mol. The second kappa shape index (κ2) is 24.0. The van der Waals surface area contributed by atoms with Gasteiger partial charge in [-0.1, -0.05) is 31.4 Å². The molecule has 0 fully saturated rings. The third-order valence-electron chi connectivity index (χ3n) is 8.12. The number of hydrogen-bond acceptors (Lipinski definition) is 11. The van der Waals surface area contributed by atoms with E-state index in [0.717, 1.165) is 63.5 Å². The normalized spacial score (nSPS) is 10.6. The molecule has 0 unspecified atom stereocenters. The zero-order valence-corrected chi connectivity index (χ0v) is 31.4. The second-order valence-electron chi connectivity index (χ2n) is 12.4. The summed E-state index contributed by atoms with van der Waals surface area (Å²) >= 11 is 0. The van der Waals surface area contributed by atoms with Crippen LogP contribution in [0.2, 0.25) is 0 Å². The maximum atomic E-state index is 13.2. The first-order valence-electron chi connectivity index (χ1n) is 18.6.